The van der Waals surface area contributed by atoms with Gasteiger partial charge in [0.15, 0.2) is 5.69 Å². The zero-order valence-electron chi connectivity index (χ0n) is 13.2. The summed E-state index contributed by atoms with van der Waals surface area (Å²) in [4.78, 5) is 25.7. The molecule has 0 radical (unpaired) electrons. The second kappa shape index (κ2) is 6.76. The first-order valence-electron chi connectivity index (χ1n) is 7.83. The molecule has 6 nitrogen and oxygen atoms in total. The van der Waals surface area contributed by atoms with Gasteiger partial charge in [0.2, 0.25) is 0 Å². The Hall–Kier alpha value is -2.15. The molecule has 1 aromatic heterocycles. The van der Waals surface area contributed by atoms with Gasteiger partial charge >= 0.3 is 5.97 Å². The van der Waals surface area contributed by atoms with Crippen LogP contribution in [0.3, 0.4) is 0 Å². The Morgan fingerprint density at radius 2 is 2.12 bits per heavy atom. The molecule has 1 saturated heterocycles. The lowest BCUT2D eigenvalue weighted by Gasteiger charge is -2.37. The zero-order valence-corrected chi connectivity index (χ0v) is 14.8. The second-order valence-electron chi connectivity index (χ2n) is 5.95. The third kappa shape index (κ3) is 3.21. The molecule has 7 heteroatoms. The Bertz CT molecular complexity index is 774. The zero-order chi connectivity index (χ0) is 17.3. The monoisotopic (exact) mass is 391 g/mol. The van der Waals surface area contributed by atoms with E-state index in [1.807, 2.05) is 24.3 Å². The Labute approximate surface area is 148 Å². The van der Waals surface area contributed by atoms with Crippen LogP contribution in [0.1, 0.15) is 30.3 Å². The molecule has 0 saturated carbocycles. The highest BCUT2D eigenvalue weighted by molar-refractivity contribution is 9.10. The molecule has 3 rings (SSSR count). The first kappa shape index (κ1) is 16.7. The summed E-state index contributed by atoms with van der Waals surface area (Å²) >= 11 is 3.41. The lowest BCUT2D eigenvalue weighted by atomic mass is 9.90. The van der Waals surface area contributed by atoms with Crippen LogP contribution in [0.25, 0.3) is 5.69 Å². The van der Waals surface area contributed by atoms with E-state index in [1.165, 1.54) is 0 Å². The van der Waals surface area contributed by atoms with Crippen LogP contribution in [-0.4, -0.2) is 44.3 Å². The molecule has 2 heterocycles. The number of amides is 1. The van der Waals surface area contributed by atoms with Gasteiger partial charge in [0, 0.05) is 23.3 Å². The summed E-state index contributed by atoms with van der Waals surface area (Å²) < 4.78 is 2.57. The van der Waals surface area contributed by atoms with Crippen molar-refractivity contribution in [3.05, 3.63) is 46.7 Å². The summed E-state index contributed by atoms with van der Waals surface area (Å²) in [5.41, 5.74) is 1.17. The number of aliphatic carboxylic acids is 1. The van der Waals surface area contributed by atoms with E-state index >= 15 is 0 Å². The molecule has 1 N–H and O–H groups in total. The number of carbonyl (C=O) groups excluding carboxylic acids is 1. The third-order valence-corrected chi connectivity index (χ3v) is 4.94. The number of aromatic nitrogens is 2. The van der Waals surface area contributed by atoms with Crippen molar-refractivity contribution in [3.8, 4) is 5.69 Å². The molecule has 1 aliphatic rings. The van der Waals surface area contributed by atoms with Gasteiger partial charge in [0.05, 0.1) is 11.6 Å². The van der Waals surface area contributed by atoms with E-state index in [0.29, 0.717) is 25.1 Å². The van der Waals surface area contributed by atoms with E-state index in [-0.39, 0.29) is 11.9 Å². The predicted molar refractivity (Wildman–Crippen MR) is 92.1 cm³/mol. The smallest absolute Gasteiger partial charge is 0.308 e. The van der Waals surface area contributed by atoms with E-state index in [1.54, 1.807) is 28.8 Å². The van der Waals surface area contributed by atoms with Crippen molar-refractivity contribution in [1.82, 2.24) is 14.7 Å². The topological polar surface area (TPSA) is 75.4 Å². The molecule has 1 fully saturated rings. The highest BCUT2D eigenvalue weighted by Gasteiger charge is 2.36. The van der Waals surface area contributed by atoms with Gasteiger partial charge in [-0.2, -0.15) is 5.10 Å². The summed E-state index contributed by atoms with van der Waals surface area (Å²) in [5.74, 6) is -1.59. The fraction of sp³-hybridized carbons (Fsp3) is 0.353. The van der Waals surface area contributed by atoms with Gasteiger partial charge < -0.3 is 10.0 Å². The number of carboxylic acids is 1. The van der Waals surface area contributed by atoms with Gasteiger partial charge in [-0.1, -0.05) is 22.0 Å². The molecule has 0 aliphatic carbocycles. The summed E-state index contributed by atoms with van der Waals surface area (Å²) in [6.45, 7) is 2.36. The van der Waals surface area contributed by atoms with Crippen LogP contribution < -0.4 is 0 Å². The van der Waals surface area contributed by atoms with E-state index in [4.69, 9.17) is 0 Å². The van der Waals surface area contributed by atoms with Gasteiger partial charge in [0.1, 0.15) is 0 Å². The number of nitrogens with zero attached hydrogens (tertiary/aromatic N) is 3. The second-order valence-corrected chi connectivity index (χ2v) is 6.87. The Kier molecular flexibility index (Phi) is 4.71. The number of piperidine rings is 1. The molecule has 2 atom stereocenters. The van der Waals surface area contributed by atoms with Crippen LogP contribution in [0.2, 0.25) is 0 Å². The van der Waals surface area contributed by atoms with Crippen molar-refractivity contribution in [2.24, 2.45) is 5.92 Å². The molecule has 1 aliphatic heterocycles. The molecular formula is C17H18BrN3O3. The maximum Gasteiger partial charge on any atom is 0.308 e. The van der Waals surface area contributed by atoms with Gasteiger partial charge in [-0.15, -0.1) is 0 Å². The number of carbonyl (C=O) groups is 2. The lowest BCUT2D eigenvalue weighted by Crippen LogP contribution is -2.49. The minimum atomic E-state index is -0.848. The Morgan fingerprint density at radius 3 is 2.83 bits per heavy atom. The normalized spacial score (nSPS) is 20.8. The number of likely N-dealkylation sites (tertiary alicyclic amines) is 1. The minimum Gasteiger partial charge on any atom is -0.481 e. The summed E-state index contributed by atoms with van der Waals surface area (Å²) in [5, 5.41) is 13.7. The third-order valence-electron chi connectivity index (χ3n) is 4.45. The summed E-state index contributed by atoms with van der Waals surface area (Å²) in [6, 6.07) is 8.95. The van der Waals surface area contributed by atoms with Crippen molar-refractivity contribution < 1.29 is 14.7 Å². The van der Waals surface area contributed by atoms with Crippen LogP contribution in [0.15, 0.2) is 41.0 Å². The Balaban J connectivity index is 1.82. The molecule has 0 bridgehead atoms. The summed E-state index contributed by atoms with van der Waals surface area (Å²) in [7, 11) is 0. The number of hydrogen-bond donors (Lipinski definition) is 1. The van der Waals surface area contributed by atoms with Crippen LogP contribution in [-0.2, 0) is 4.79 Å². The van der Waals surface area contributed by atoms with E-state index < -0.39 is 11.9 Å². The number of halogens is 1. The number of carboxylic acid groups (broad SMARTS) is 1. The van der Waals surface area contributed by atoms with E-state index in [2.05, 4.69) is 21.0 Å². The van der Waals surface area contributed by atoms with Gasteiger partial charge in [-0.25, -0.2) is 4.68 Å². The maximum absolute atomic E-state index is 12.7. The molecular weight excluding hydrogens is 374 g/mol. The van der Waals surface area contributed by atoms with Gasteiger partial charge in [0.25, 0.3) is 5.91 Å². The van der Waals surface area contributed by atoms with Crippen LogP contribution in [0.4, 0.5) is 0 Å². The van der Waals surface area contributed by atoms with E-state index in [0.717, 1.165) is 10.2 Å². The van der Waals surface area contributed by atoms with Crippen LogP contribution >= 0.6 is 15.9 Å². The van der Waals surface area contributed by atoms with Gasteiger partial charge in [-0.05, 0) is 44.0 Å². The van der Waals surface area contributed by atoms with Crippen LogP contribution in [0.5, 0.6) is 0 Å². The maximum atomic E-state index is 12.7. The lowest BCUT2D eigenvalue weighted by molar-refractivity contribution is -0.144. The molecule has 0 unspecified atom stereocenters. The Morgan fingerprint density at radius 1 is 1.33 bits per heavy atom. The molecule has 24 heavy (non-hydrogen) atoms. The molecule has 1 amide bonds. The quantitative estimate of drug-likeness (QED) is 0.872. The van der Waals surface area contributed by atoms with Crippen molar-refractivity contribution in [2.75, 3.05) is 6.54 Å². The number of benzene rings is 1. The highest BCUT2D eigenvalue weighted by Crippen LogP contribution is 2.25. The molecule has 1 aromatic carbocycles. The molecule has 2 aromatic rings. The fourth-order valence-corrected chi connectivity index (χ4v) is 3.49. The van der Waals surface area contributed by atoms with Crippen molar-refractivity contribution in [2.45, 2.75) is 25.8 Å². The highest BCUT2D eigenvalue weighted by atomic mass is 79.9. The fourth-order valence-electron chi connectivity index (χ4n) is 3.11. The minimum absolute atomic E-state index is 0.220. The molecule has 0 spiro atoms. The first-order valence-corrected chi connectivity index (χ1v) is 8.62. The van der Waals surface area contributed by atoms with Crippen molar-refractivity contribution in [1.29, 1.82) is 0 Å². The predicted octanol–water partition coefficient (Wildman–Crippen LogP) is 2.96. The SMILES string of the molecule is C[C@@H]1[C@H](C(=O)O)CCCN1C(=O)c1ccn(-c2cccc(Br)c2)n1. The standard InChI is InChI=1S/C17H18BrN3O3/c1-11-14(17(23)24)6-3-8-20(11)16(22)15-7-9-21(19-15)13-5-2-4-12(18)10-13/h2,4-5,7,9-11,14H,3,6,8H2,1H3,(H,23,24)/t11-,14-/m1/s1. The first-order chi connectivity index (χ1) is 11.5. The summed E-state index contributed by atoms with van der Waals surface area (Å²) in [6.07, 6.45) is 3.03. The number of hydrogen-bond acceptors (Lipinski definition) is 3. The van der Waals surface area contributed by atoms with Crippen molar-refractivity contribution in [3.63, 3.8) is 0 Å². The number of rotatable bonds is 3. The van der Waals surface area contributed by atoms with Gasteiger partial charge in [-0.3, -0.25) is 9.59 Å². The van der Waals surface area contributed by atoms with Crippen molar-refractivity contribution >= 4 is 27.8 Å². The average molecular weight is 392 g/mol. The largest absolute Gasteiger partial charge is 0.481 e. The molecule has 126 valence electrons. The van der Waals surface area contributed by atoms with Crippen LogP contribution in [0, 0.1) is 5.92 Å². The average Bonchev–Trinajstić information content (AvgIpc) is 3.04. The van der Waals surface area contributed by atoms with E-state index in [9.17, 15) is 14.7 Å².